The summed E-state index contributed by atoms with van der Waals surface area (Å²) in [7, 11) is 0. The maximum Gasteiger partial charge on any atom is 0.253 e. The number of hydrogen-bond donors (Lipinski definition) is 2. The maximum atomic E-state index is 13.0. The Hall–Kier alpha value is -2.62. The molecule has 1 aliphatic carbocycles. The SMILES string of the molecule is N#Cc1ccc(Nc2cc(C3CCCC3)c(C(=O)NCC3CCOCC3)cn2)cc1Cl. The van der Waals surface area contributed by atoms with E-state index in [1.165, 1.54) is 12.8 Å². The second-order valence-corrected chi connectivity index (χ2v) is 8.74. The number of pyridine rings is 1. The van der Waals surface area contributed by atoms with Gasteiger partial charge in [0.1, 0.15) is 11.9 Å². The molecule has 0 bridgehead atoms. The number of carbonyl (C=O) groups excluding carboxylic acids is 1. The molecule has 1 saturated heterocycles. The number of carbonyl (C=O) groups is 1. The standard InChI is InChI=1S/C24H27ClN4O2/c25-22-11-19(6-5-18(22)13-26)29-23-12-20(17-3-1-2-4-17)21(15-27-23)24(30)28-14-16-7-9-31-10-8-16/h5-6,11-12,15-17H,1-4,7-10,14H2,(H,27,29)(H,28,30). The van der Waals surface area contributed by atoms with Crippen LogP contribution in [0, 0.1) is 17.2 Å². The molecule has 2 aromatic rings. The van der Waals surface area contributed by atoms with Crippen molar-refractivity contribution >= 4 is 29.0 Å². The highest BCUT2D eigenvalue weighted by atomic mass is 35.5. The summed E-state index contributed by atoms with van der Waals surface area (Å²) in [4.78, 5) is 17.5. The Morgan fingerprint density at radius 2 is 1.97 bits per heavy atom. The average molecular weight is 439 g/mol. The molecule has 2 fully saturated rings. The minimum Gasteiger partial charge on any atom is -0.381 e. The topological polar surface area (TPSA) is 87.0 Å². The molecule has 2 aliphatic rings. The lowest BCUT2D eigenvalue weighted by atomic mass is 9.93. The molecule has 4 rings (SSSR count). The molecule has 6 nitrogen and oxygen atoms in total. The van der Waals surface area contributed by atoms with Gasteiger partial charge in [-0.15, -0.1) is 0 Å². The van der Waals surface area contributed by atoms with E-state index in [4.69, 9.17) is 21.6 Å². The van der Waals surface area contributed by atoms with E-state index < -0.39 is 0 Å². The Labute approximate surface area is 188 Å². The summed E-state index contributed by atoms with van der Waals surface area (Å²) in [6.07, 6.45) is 8.21. The number of ether oxygens (including phenoxy) is 1. The summed E-state index contributed by atoms with van der Waals surface area (Å²) in [5, 5.41) is 15.8. The number of benzene rings is 1. The Morgan fingerprint density at radius 3 is 2.68 bits per heavy atom. The molecule has 2 N–H and O–H groups in total. The van der Waals surface area contributed by atoms with Crippen LogP contribution in [0.3, 0.4) is 0 Å². The highest BCUT2D eigenvalue weighted by Crippen LogP contribution is 2.37. The van der Waals surface area contributed by atoms with Crippen LogP contribution in [0.15, 0.2) is 30.5 Å². The van der Waals surface area contributed by atoms with Crippen LogP contribution in [0.25, 0.3) is 0 Å². The van der Waals surface area contributed by atoms with Crippen LogP contribution in [0.2, 0.25) is 5.02 Å². The van der Waals surface area contributed by atoms with Crippen molar-refractivity contribution in [2.45, 2.75) is 44.4 Å². The molecule has 1 aliphatic heterocycles. The molecule has 0 spiro atoms. The number of halogens is 1. The zero-order valence-corrected chi connectivity index (χ0v) is 18.3. The monoisotopic (exact) mass is 438 g/mol. The average Bonchev–Trinajstić information content (AvgIpc) is 3.33. The molecule has 1 aromatic carbocycles. The smallest absolute Gasteiger partial charge is 0.253 e. The van der Waals surface area contributed by atoms with Crippen molar-refractivity contribution < 1.29 is 9.53 Å². The molecule has 0 atom stereocenters. The summed E-state index contributed by atoms with van der Waals surface area (Å²) in [6.45, 7) is 2.22. The Bertz CT molecular complexity index is 976. The van der Waals surface area contributed by atoms with Crippen molar-refractivity contribution in [1.82, 2.24) is 10.3 Å². The van der Waals surface area contributed by atoms with E-state index in [2.05, 4.69) is 21.7 Å². The lowest BCUT2D eigenvalue weighted by Gasteiger charge is -2.23. The third kappa shape index (κ3) is 5.36. The van der Waals surface area contributed by atoms with Crippen molar-refractivity contribution in [2.24, 2.45) is 5.92 Å². The van der Waals surface area contributed by atoms with Crippen molar-refractivity contribution in [2.75, 3.05) is 25.1 Å². The number of amides is 1. The third-order valence-corrected chi connectivity index (χ3v) is 6.54. The van der Waals surface area contributed by atoms with Gasteiger partial charge in [-0.05, 0) is 67.3 Å². The van der Waals surface area contributed by atoms with Crippen LogP contribution in [-0.4, -0.2) is 30.6 Å². The summed E-state index contributed by atoms with van der Waals surface area (Å²) in [5.74, 6) is 1.47. The fourth-order valence-corrected chi connectivity index (χ4v) is 4.64. The Kier molecular flexibility index (Phi) is 7.06. The minimum absolute atomic E-state index is 0.0474. The van der Waals surface area contributed by atoms with Crippen molar-refractivity contribution in [3.05, 3.63) is 52.2 Å². The number of nitrogens with zero attached hydrogens (tertiary/aromatic N) is 2. The van der Waals surface area contributed by atoms with Crippen molar-refractivity contribution in [3.63, 3.8) is 0 Å². The molecular weight excluding hydrogens is 412 g/mol. The van der Waals surface area contributed by atoms with Gasteiger partial charge >= 0.3 is 0 Å². The number of aromatic nitrogens is 1. The van der Waals surface area contributed by atoms with Gasteiger partial charge in [-0.2, -0.15) is 5.26 Å². The first kappa shape index (κ1) is 21.6. The van der Waals surface area contributed by atoms with E-state index in [0.29, 0.717) is 40.3 Å². The van der Waals surface area contributed by atoms with E-state index in [1.54, 1.807) is 24.4 Å². The summed E-state index contributed by atoms with van der Waals surface area (Å²) >= 11 is 6.15. The van der Waals surface area contributed by atoms with Gasteiger partial charge < -0.3 is 15.4 Å². The zero-order valence-electron chi connectivity index (χ0n) is 17.5. The second kappa shape index (κ2) is 10.1. The molecule has 1 aromatic heterocycles. The molecule has 0 unspecified atom stereocenters. The second-order valence-electron chi connectivity index (χ2n) is 8.34. The van der Waals surface area contributed by atoms with Gasteiger partial charge in [-0.1, -0.05) is 24.4 Å². The predicted octanol–water partition coefficient (Wildman–Crippen LogP) is 5.16. The highest BCUT2D eigenvalue weighted by Gasteiger charge is 2.24. The van der Waals surface area contributed by atoms with E-state index in [1.807, 2.05) is 6.07 Å². The highest BCUT2D eigenvalue weighted by molar-refractivity contribution is 6.32. The van der Waals surface area contributed by atoms with Gasteiger partial charge in [-0.25, -0.2) is 4.98 Å². The van der Waals surface area contributed by atoms with E-state index in [-0.39, 0.29) is 5.91 Å². The van der Waals surface area contributed by atoms with Crippen LogP contribution in [-0.2, 0) is 4.74 Å². The first-order valence-corrected chi connectivity index (χ1v) is 11.3. The third-order valence-electron chi connectivity index (χ3n) is 6.23. The molecule has 162 valence electrons. The Morgan fingerprint density at radius 1 is 1.19 bits per heavy atom. The molecule has 2 heterocycles. The molecule has 1 saturated carbocycles. The number of hydrogen-bond acceptors (Lipinski definition) is 5. The normalized spacial score (nSPS) is 17.3. The van der Waals surface area contributed by atoms with Crippen LogP contribution >= 0.6 is 11.6 Å². The fourth-order valence-electron chi connectivity index (χ4n) is 4.42. The lowest BCUT2D eigenvalue weighted by Crippen LogP contribution is -2.33. The molecule has 7 heteroatoms. The van der Waals surface area contributed by atoms with Crippen LogP contribution < -0.4 is 10.6 Å². The lowest BCUT2D eigenvalue weighted by molar-refractivity contribution is 0.0642. The van der Waals surface area contributed by atoms with E-state index in [0.717, 1.165) is 50.1 Å². The van der Waals surface area contributed by atoms with Gasteiger partial charge in [0.15, 0.2) is 0 Å². The largest absolute Gasteiger partial charge is 0.381 e. The Balaban J connectivity index is 1.52. The number of anilines is 2. The van der Waals surface area contributed by atoms with Crippen molar-refractivity contribution in [3.8, 4) is 6.07 Å². The molecular formula is C24H27ClN4O2. The maximum absolute atomic E-state index is 13.0. The summed E-state index contributed by atoms with van der Waals surface area (Å²) in [6, 6.07) is 9.25. The minimum atomic E-state index is -0.0474. The zero-order chi connectivity index (χ0) is 21.6. The first-order valence-electron chi connectivity index (χ1n) is 11.0. The van der Waals surface area contributed by atoms with Gasteiger partial charge in [0.25, 0.3) is 5.91 Å². The van der Waals surface area contributed by atoms with Crippen LogP contribution in [0.5, 0.6) is 0 Å². The molecule has 0 radical (unpaired) electrons. The number of nitrogens with one attached hydrogen (secondary N) is 2. The first-order chi connectivity index (χ1) is 15.1. The number of nitriles is 1. The van der Waals surface area contributed by atoms with Crippen LogP contribution in [0.1, 0.15) is 65.9 Å². The fraction of sp³-hybridized carbons (Fsp3) is 0.458. The van der Waals surface area contributed by atoms with Crippen molar-refractivity contribution in [1.29, 1.82) is 5.26 Å². The molecule has 1 amide bonds. The van der Waals surface area contributed by atoms with Gasteiger partial charge in [0.2, 0.25) is 0 Å². The summed E-state index contributed by atoms with van der Waals surface area (Å²) < 4.78 is 5.41. The van der Waals surface area contributed by atoms with E-state index in [9.17, 15) is 4.79 Å². The van der Waals surface area contributed by atoms with Gasteiger partial charge in [0, 0.05) is 31.6 Å². The summed E-state index contributed by atoms with van der Waals surface area (Å²) in [5.41, 5.74) is 2.91. The van der Waals surface area contributed by atoms with E-state index >= 15 is 0 Å². The molecule has 31 heavy (non-hydrogen) atoms. The number of rotatable bonds is 6. The van der Waals surface area contributed by atoms with Gasteiger partial charge in [-0.3, -0.25) is 4.79 Å². The predicted molar refractivity (Wildman–Crippen MR) is 121 cm³/mol. The van der Waals surface area contributed by atoms with Gasteiger partial charge in [0.05, 0.1) is 16.1 Å². The quantitative estimate of drug-likeness (QED) is 0.650. The van der Waals surface area contributed by atoms with Crippen LogP contribution in [0.4, 0.5) is 11.5 Å².